The molecule has 2 rings (SSSR count). The zero-order valence-electron chi connectivity index (χ0n) is 14.4. The number of sulfonamides is 1. The maximum absolute atomic E-state index is 13.9. The molecule has 0 unspecified atom stereocenters. The van der Waals surface area contributed by atoms with Crippen molar-refractivity contribution < 1.29 is 27.1 Å². The van der Waals surface area contributed by atoms with Crippen LogP contribution in [0, 0.1) is 19.7 Å². The van der Waals surface area contributed by atoms with Gasteiger partial charge in [-0.15, -0.1) is 0 Å². The lowest BCUT2D eigenvalue weighted by atomic mass is 9.99. The third kappa shape index (κ3) is 4.33. The zero-order chi connectivity index (χ0) is 19.6. The number of ketones is 1. The molecule has 0 fully saturated rings. The van der Waals surface area contributed by atoms with Gasteiger partial charge in [0.05, 0.1) is 10.5 Å². The highest BCUT2D eigenvalue weighted by Crippen LogP contribution is 2.18. The molecule has 8 heteroatoms. The van der Waals surface area contributed by atoms with Crippen LogP contribution in [0.1, 0.15) is 38.8 Å². The van der Waals surface area contributed by atoms with Gasteiger partial charge in [-0.2, -0.15) is 0 Å². The summed E-state index contributed by atoms with van der Waals surface area (Å²) in [5.74, 6) is -2.57. The van der Waals surface area contributed by atoms with E-state index in [1.165, 1.54) is 6.92 Å². The molecule has 138 valence electrons. The van der Waals surface area contributed by atoms with Crippen molar-refractivity contribution in [2.45, 2.75) is 31.8 Å². The molecular weight excluding hydrogens is 361 g/mol. The van der Waals surface area contributed by atoms with Gasteiger partial charge in [0.2, 0.25) is 15.8 Å². The quantitative estimate of drug-likeness (QED) is 0.635. The van der Waals surface area contributed by atoms with Crippen LogP contribution in [-0.4, -0.2) is 26.3 Å². The molecule has 0 saturated carbocycles. The van der Waals surface area contributed by atoms with E-state index >= 15 is 0 Å². The van der Waals surface area contributed by atoms with Gasteiger partial charge in [0, 0.05) is 5.56 Å². The highest BCUT2D eigenvalue weighted by molar-refractivity contribution is 7.89. The Balaban J connectivity index is 2.27. The smallest absolute Gasteiger partial charge is 0.341 e. The van der Waals surface area contributed by atoms with Crippen LogP contribution < -0.4 is 5.14 Å². The minimum absolute atomic E-state index is 0.393. The largest absolute Gasteiger partial charge is 0.451 e. The molecule has 26 heavy (non-hydrogen) atoms. The van der Waals surface area contributed by atoms with Crippen molar-refractivity contribution in [1.82, 2.24) is 0 Å². The first-order valence-corrected chi connectivity index (χ1v) is 9.20. The number of primary sulfonamides is 1. The van der Waals surface area contributed by atoms with Crippen LogP contribution in [0.3, 0.4) is 0 Å². The Labute approximate surface area is 150 Å². The van der Waals surface area contributed by atoms with Crippen LogP contribution in [0.5, 0.6) is 0 Å². The van der Waals surface area contributed by atoms with Crippen LogP contribution in [-0.2, 0) is 14.8 Å². The summed E-state index contributed by atoms with van der Waals surface area (Å²) in [5, 5.41) is 4.98. The number of halogens is 1. The summed E-state index contributed by atoms with van der Waals surface area (Å²) >= 11 is 0. The Morgan fingerprint density at radius 2 is 1.73 bits per heavy atom. The van der Waals surface area contributed by atoms with Crippen molar-refractivity contribution >= 4 is 21.8 Å². The number of Topliss-reactive ketones (excluding diaryl/α,β-unsaturated/α-hetero) is 1. The second-order valence-electron chi connectivity index (χ2n) is 5.92. The molecule has 0 radical (unpaired) electrons. The molecule has 0 aliphatic heterocycles. The standard InChI is InChI=1S/C18H18FNO5S/c1-10-4-5-11(2)14(8-10)17(21)12(3)25-18(22)15-9-13(26(20,23)24)6-7-16(15)19/h4-9,12H,1-3H3,(H2,20,23,24)/t12-/m1/s1. The van der Waals surface area contributed by atoms with E-state index in [1.807, 2.05) is 13.0 Å². The summed E-state index contributed by atoms with van der Waals surface area (Å²) in [4.78, 5) is 24.3. The average Bonchev–Trinajstić information content (AvgIpc) is 2.55. The van der Waals surface area contributed by atoms with Gasteiger partial charge in [-0.05, 0) is 50.6 Å². The van der Waals surface area contributed by atoms with Crippen LogP contribution >= 0.6 is 0 Å². The van der Waals surface area contributed by atoms with Gasteiger partial charge in [-0.3, -0.25) is 4.79 Å². The molecule has 1 atom stereocenters. The van der Waals surface area contributed by atoms with Gasteiger partial charge in [-0.25, -0.2) is 22.7 Å². The lowest BCUT2D eigenvalue weighted by Crippen LogP contribution is -2.26. The lowest BCUT2D eigenvalue weighted by molar-refractivity contribution is 0.0314. The number of ether oxygens (including phenoxy) is 1. The van der Waals surface area contributed by atoms with E-state index in [0.717, 1.165) is 23.8 Å². The fourth-order valence-corrected chi connectivity index (χ4v) is 2.88. The minimum Gasteiger partial charge on any atom is -0.451 e. The first-order valence-electron chi connectivity index (χ1n) is 7.65. The SMILES string of the molecule is Cc1ccc(C)c(C(=O)[C@@H](C)OC(=O)c2cc(S(N)(=O)=O)ccc2F)c1. The van der Waals surface area contributed by atoms with E-state index in [0.29, 0.717) is 11.1 Å². The van der Waals surface area contributed by atoms with E-state index in [1.54, 1.807) is 19.1 Å². The predicted octanol–water partition coefficient (Wildman–Crippen LogP) is 2.52. The number of aryl methyl sites for hydroxylation is 2. The topological polar surface area (TPSA) is 104 Å². The number of nitrogens with two attached hydrogens (primary N) is 1. The Hall–Kier alpha value is -2.58. The molecular formula is C18H18FNO5S. The molecule has 0 amide bonds. The Bertz CT molecular complexity index is 985. The second-order valence-corrected chi connectivity index (χ2v) is 7.48. The van der Waals surface area contributed by atoms with Crippen molar-refractivity contribution in [3.63, 3.8) is 0 Å². The number of hydrogen-bond acceptors (Lipinski definition) is 5. The van der Waals surface area contributed by atoms with Crippen molar-refractivity contribution in [3.05, 3.63) is 64.5 Å². The first kappa shape index (κ1) is 19.7. The molecule has 0 saturated heterocycles. The van der Waals surface area contributed by atoms with Crippen LogP contribution in [0.15, 0.2) is 41.3 Å². The average molecular weight is 379 g/mol. The summed E-state index contributed by atoms with van der Waals surface area (Å²) in [7, 11) is -4.12. The Morgan fingerprint density at radius 1 is 1.08 bits per heavy atom. The number of rotatable bonds is 5. The third-order valence-electron chi connectivity index (χ3n) is 3.80. The van der Waals surface area contributed by atoms with E-state index in [4.69, 9.17) is 9.88 Å². The molecule has 0 aliphatic carbocycles. The summed E-state index contributed by atoms with van der Waals surface area (Å²) in [5.41, 5.74) is 1.36. The van der Waals surface area contributed by atoms with Gasteiger partial charge < -0.3 is 4.74 Å². The maximum Gasteiger partial charge on any atom is 0.341 e. The van der Waals surface area contributed by atoms with E-state index in [2.05, 4.69) is 0 Å². The first-order chi connectivity index (χ1) is 12.0. The summed E-state index contributed by atoms with van der Waals surface area (Å²) in [6.45, 7) is 4.93. The number of esters is 1. The van der Waals surface area contributed by atoms with Crippen LogP contribution in [0.4, 0.5) is 4.39 Å². The van der Waals surface area contributed by atoms with Crippen LogP contribution in [0.2, 0.25) is 0 Å². The Kier molecular flexibility index (Phi) is 5.58. The minimum atomic E-state index is -4.12. The number of benzene rings is 2. The molecule has 6 nitrogen and oxygen atoms in total. The molecule has 2 aromatic rings. The number of hydrogen-bond donors (Lipinski definition) is 1. The van der Waals surface area contributed by atoms with E-state index < -0.39 is 44.2 Å². The third-order valence-corrected chi connectivity index (χ3v) is 4.71. The van der Waals surface area contributed by atoms with Crippen LogP contribution in [0.25, 0.3) is 0 Å². The zero-order valence-corrected chi connectivity index (χ0v) is 15.3. The number of carbonyl (C=O) groups is 2. The van der Waals surface area contributed by atoms with Crippen molar-refractivity contribution in [1.29, 1.82) is 0 Å². The normalized spacial score (nSPS) is 12.5. The molecule has 0 bridgehead atoms. The molecule has 0 aliphatic rings. The van der Waals surface area contributed by atoms with Crippen molar-refractivity contribution in [2.24, 2.45) is 5.14 Å². The number of carbonyl (C=O) groups excluding carboxylic acids is 2. The maximum atomic E-state index is 13.9. The fraction of sp³-hybridized carbons (Fsp3) is 0.222. The van der Waals surface area contributed by atoms with Gasteiger partial charge in [0.15, 0.2) is 6.10 Å². The summed E-state index contributed by atoms with van der Waals surface area (Å²) < 4.78 is 41.6. The molecule has 2 N–H and O–H groups in total. The van der Waals surface area contributed by atoms with Gasteiger partial charge in [-0.1, -0.05) is 17.7 Å². The van der Waals surface area contributed by atoms with Gasteiger partial charge in [0.25, 0.3) is 0 Å². The monoisotopic (exact) mass is 379 g/mol. The fourth-order valence-electron chi connectivity index (χ4n) is 2.34. The molecule has 0 heterocycles. The Morgan fingerprint density at radius 3 is 2.35 bits per heavy atom. The van der Waals surface area contributed by atoms with E-state index in [-0.39, 0.29) is 0 Å². The van der Waals surface area contributed by atoms with Crippen molar-refractivity contribution in [2.75, 3.05) is 0 Å². The van der Waals surface area contributed by atoms with Gasteiger partial charge >= 0.3 is 5.97 Å². The highest BCUT2D eigenvalue weighted by atomic mass is 32.2. The molecule has 0 spiro atoms. The van der Waals surface area contributed by atoms with E-state index in [9.17, 15) is 22.4 Å². The second kappa shape index (κ2) is 7.35. The molecule has 0 aromatic heterocycles. The summed E-state index contributed by atoms with van der Waals surface area (Å²) in [6, 6.07) is 7.80. The highest BCUT2D eigenvalue weighted by Gasteiger charge is 2.24. The lowest BCUT2D eigenvalue weighted by Gasteiger charge is -2.15. The predicted molar refractivity (Wildman–Crippen MR) is 92.9 cm³/mol. The summed E-state index contributed by atoms with van der Waals surface area (Å²) in [6.07, 6.45) is -1.18. The van der Waals surface area contributed by atoms with Crippen molar-refractivity contribution in [3.8, 4) is 0 Å². The van der Waals surface area contributed by atoms with Gasteiger partial charge in [0.1, 0.15) is 5.82 Å². The molecule has 2 aromatic carbocycles.